The third-order valence-corrected chi connectivity index (χ3v) is 9.25. The van der Waals surface area contributed by atoms with Crippen LogP contribution in [-0.4, -0.2) is 54.1 Å². The van der Waals surface area contributed by atoms with Gasteiger partial charge in [0.25, 0.3) is 5.91 Å². The van der Waals surface area contributed by atoms with Gasteiger partial charge in [0, 0.05) is 34.9 Å². The lowest BCUT2D eigenvalue weighted by atomic mass is 9.81. The zero-order valence-corrected chi connectivity index (χ0v) is 26.5. The molecule has 1 saturated carbocycles. The number of primary amides is 1. The Morgan fingerprint density at radius 3 is 2.55 bits per heavy atom. The topological polar surface area (TPSA) is 138 Å². The molecule has 2 amide bonds. The fraction of sp³-hybridized carbons (Fsp3) is 0.344. The smallest absolute Gasteiger partial charge is 0.424 e. The van der Waals surface area contributed by atoms with E-state index in [1.807, 2.05) is 0 Å². The molecule has 6 rings (SSSR count). The zero-order valence-electron chi connectivity index (χ0n) is 24.9. The average Bonchev–Trinajstić information content (AvgIpc) is 3.62. The number of benzene rings is 2. The summed E-state index contributed by atoms with van der Waals surface area (Å²) in [5.41, 5.74) is -1.57. The SMILES string of the molecule is COc1cc(C(=O)NC[C@@](O)(c2cc3c(c(-c4cc(Br)c(F)cc4F)n2)OC[C@]3(C)C(N)=O)C(F)(F)F)cc2c1=[N+]=C(CC1CC1)C=2. The molecule has 1 aliphatic carbocycles. The van der Waals surface area contributed by atoms with Crippen LogP contribution in [0.1, 0.15) is 47.8 Å². The molecular formula is C32H27BrF5N4O5+. The number of carbonyl (C=O) groups is 2. The summed E-state index contributed by atoms with van der Waals surface area (Å²) < 4.78 is 88.8. The summed E-state index contributed by atoms with van der Waals surface area (Å²) in [5.74, 6) is -3.65. The van der Waals surface area contributed by atoms with Crippen LogP contribution < -0.4 is 35.8 Å². The number of nitrogens with one attached hydrogen (secondary N) is 1. The summed E-state index contributed by atoms with van der Waals surface area (Å²) >= 11 is 2.92. The summed E-state index contributed by atoms with van der Waals surface area (Å²) in [4.78, 5) is 29.7. The quantitative estimate of drug-likeness (QED) is 0.177. The van der Waals surface area contributed by atoms with Crippen molar-refractivity contribution >= 4 is 39.5 Å². The van der Waals surface area contributed by atoms with Crippen molar-refractivity contribution in [3.63, 3.8) is 0 Å². The highest BCUT2D eigenvalue weighted by molar-refractivity contribution is 9.10. The van der Waals surface area contributed by atoms with Gasteiger partial charge in [0.15, 0.2) is 0 Å². The summed E-state index contributed by atoms with van der Waals surface area (Å²) in [6.45, 7) is -0.556. The first-order valence-electron chi connectivity index (χ1n) is 14.4. The standard InChI is InChI=1S/C32H26BrF5N4O5/c1-30(29(39)44)13-47-27-19(30)10-24(42-26(27)18-9-20(33)22(35)11-21(18)34)31(45,32(36,37)38)12-40-28(43)16-6-15-7-17(5-14-3-4-14)41-25(15)23(8-16)46-2/h6-11,14,45H,3-5,12-13H2,1-2H3,(H2-,39,40,43,44)/p+1/t30-,31+/m0/s1. The minimum atomic E-state index is -5.46. The maximum atomic E-state index is 15.1. The Labute approximate surface area is 272 Å². The van der Waals surface area contributed by atoms with Gasteiger partial charge in [-0.3, -0.25) is 9.59 Å². The Morgan fingerprint density at radius 2 is 1.91 bits per heavy atom. The molecule has 1 aromatic heterocycles. The molecule has 3 aliphatic rings. The van der Waals surface area contributed by atoms with Gasteiger partial charge in [-0.05, 0) is 59.8 Å². The Bertz CT molecular complexity index is 2030. The number of hydrogen-bond donors (Lipinski definition) is 3. The van der Waals surface area contributed by atoms with Crippen LogP contribution in [0.4, 0.5) is 22.0 Å². The monoisotopic (exact) mass is 721 g/mol. The van der Waals surface area contributed by atoms with E-state index in [1.54, 1.807) is 6.08 Å². The number of methoxy groups -OCH3 is 1. The Kier molecular flexibility index (Phi) is 7.93. The molecule has 4 N–H and O–H groups in total. The van der Waals surface area contributed by atoms with Crippen molar-refractivity contribution in [2.24, 2.45) is 11.7 Å². The first-order valence-corrected chi connectivity index (χ1v) is 15.2. The summed E-state index contributed by atoms with van der Waals surface area (Å²) in [6.07, 6.45) is -0.714. The normalized spacial score (nSPS) is 19.4. The molecule has 3 heterocycles. The fourth-order valence-corrected chi connectivity index (χ4v) is 5.90. The number of nitrogens with zero attached hydrogens (tertiary/aromatic N) is 2. The van der Waals surface area contributed by atoms with Crippen LogP contribution in [0.25, 0.3) is 17.3 Å². The Hall–Kier alpha value is -4.33. The van der Waals surface area contributed by atoms with Crippen molar-refractivity contribution in [3.8, 4) is 22.8 Å². The molecule has 2 aromatic carbocycles. The van der Waals surface area contributed by atoms with Gasteiger partial charge in [0.1, 0.15) is 35.1 Å². The first kappa shape index (κ1) is 32.6. The molecule has 0 bridgehead atoms. The second-order valence-corrected chi connectivity index (χ2v) is 12.9. The van der Waals surface area contributed by atoms with Gasteiger partial charge in [0.2, 0.25) is 17.3 Å². The van der Waals surface area contributed by atoms with Gasteiger partial charge in [-0.25, -0.2) is 13.8 Å². The van der Waals surface area contributed by atoms with E-state index in [1.165, 1.54) is 26.2 Å². The minimum absolute atomic E-state index is 0.0558. The van der Waals surface area contributed by atoms with Gasteiger partial charge in [0.05, 0.1) is 35.5 Å². The van der Waals surface area contributed by atoms with E-state index in [0.29, 0.717) is 22.6 Å². The van der Waals surface area contributed by atoms with E-state index in [0.717, 1.165) is 37.1 Å². The number of fused-ring (bicyclic) bond motifs is 2. The number of amides is 2. The number of halogens is 6. The maximum absolute atomic E-state index is 15.1. The molecule has 47 heavy (non-hydrogen) atoms. The van der Waals surface area contributed by atoms with Crippen molar-refractivity contribution in [2.75, 3.05) is 20.3 Å². The molecular weight excluding hydrogens is 695 g/mol. The van der Waals surface area contributed by atoms with E-state index < -0.39 is 70.7 Å². The van der Waals surface area contributed by atoms with E-state index in [9.17, 15) is 32.3 Å². The average molecular weight is 722 g/mol. The van der Waals surface area contributed by atoms with Crippen molar-refractivity contribution < 1.29 is 46.1 Å². The van der Waals surface area contributed by atoms with E-state index in [4.69, 9.17) is 15.2 Å². The zero-order chi connectivity index (χ0) is 34.1. The van der Waals surface area contributed by atoms with Crippen LogP contribution in [0.3, 0.4) is 0 Å². The van der Waals surface area contributed by atoms with E-state index in [2.05, 4.69) is 30.9 Å². The van der Waals surface area contributed by atoms with Crippen LogP contribution in [-0.2, 0) is 15.8 Å². The molecule has 0 unspecified atom stereocenters. The molecule has 0 radical (unpaired) electrons. The Morgan fingerprint density at radius 1 is 1.19 bits per heavy atom. The molecule has 0 spiro atoms. The van der Waals surface area contributed by atoms with Gasteiger partial charge < -0.3 is 25.6 Å². The number of hydrogen-bond acceptors (Lipinski definition) is 6. The predicted octanol–water partition coefficient (Wildman–Crippen LogP) is 2.84. The van der Waals surface area contributed by atoms with Gasteiger partial charge >= 0.3 is 17.2 Å². The van der Waals surface area contributed by atoms with Crippen LogP contribution in [0.2, 0.25) is 0 Å². The highest BCUT2D eigenvalue weighted by atomic mass is 79.9. The Balaban J connectivity index is 1.41. The van der Waals surface area contributed by atoms with Crippen LogP contribution in [0.15, 0.2) is 34.8 Å². The molecule has 1 fully saturated rings. The fourth-order valence-electron chi connectivity index (χ4n) is 5.56. The van der Waals surface area contributed by atoms with Crippen LogP contribution in [0, 0.1) is 17.6 Å². The van der Waals surface area contributed by atoms with Crippen molar-refractivity contribution in [2.45, 2.75) is 43.4 Å². The number of alkyl halides is 3. The second kappa shape index (κ2) is 11.4. The number of pyridine rings is 1. The molecule has 0 saturated heterocycles. The summed E-state index contributed by atoms with van der Waals surface area (Å²) in [6, 6.07) is 5.00. The maximum Gasteiger partial charge on any atom is 0.424 e. The molecule has 15 heteroatoms. The van der Waals surface area contributed by atoms with E-state index in [-0.39, 0.29) is 27.1 Å². The van der Waals surface area contributed by atoms with Crippen molar-refractivity contribution in [3.05, 3.63) is 73.8 Å². The first-order chi connectivity index (χ1) is 22.1. The number of aliphatic hydroxyl groups is 1. The number of aromatic nitrogens is 1. The van der Waals surface area contributed by atoms with Gasteiger partial charge in [-0.1, -0.05) is 4.67 Å². The molecule has 246 valence electrons. The highest BCUT2D eigenvalue weighted by Crippen LogP contribution is 2.48. The van der Waals surface area contributed by atoms with Crippen molar-refractivity contribution in [1.29, 1.82) is 0 Å². The lowest BCUT2D eigenvalue weighted by molar-refractivity contribution is -0.265. The lowest BCUT2D eigenvalue weighted by Crippen LogP contribution is -2.52. The molecule has 9 nitrogen and oxygen atoms in total. The van der Waals surface area contributed by atoms with Gasteiger partial charge in [-0.15, -0.1) is 0 Å². The molecule has 3 aromatic rings. The number of carbonyl (C=O) groups excluding carboxylic acids is 2. The third kappa shape index (κ3) is 5.66. The number of nitrogens with two attached hydrogens (primary N) is 1. The summed E-state index contributed by atoms with van der Waals surface area (Å²) in [5, 5.41) is 14.5. The van der Waals surface area contributed by atoms with Crippen molar-refractivity contribution in [1.82, 2.24) is 15.0 Å². The van der Waals surface area contributed by atoms with E-state index >= 15 is 4.39 Å². The van der Waals surface area contributed by atoms with Gasteiger partial charge in [-0.2, -0.15) is 13.2 Å². The molecule has 2 aliphatic heterocycles. The largest absolute Gasteiger partial charge is 0.489 e. The van der Waals surface area contributed by atoms with Crippen LogP contribution in [0.5, 0.6) is 11.5 Å². The number of ether oxygens (including phenoxy) is 2. The van der Waals surface area contributed by atoms with Crippen LogP contribution >= 0.6 is 15.9 Å². The minimum Gasteiger partial charge on any atom is -0.489 e. The predicted molar refractivity (Wildman–Crippen MR) is 162 cm³/mol. The third-order valence-electron chi connectivity index (χ3n) is 8.64. The summed E-state index contributed by atoms with van der Waals surface area (Å²) in [7, 11) is 1.37. The highest BCUT2D eigenvalue weighted by Gasteiger charge is 2.58. The lowest BCUT2D eigenvalue weighted by Gasteiger charge is -2.31. The number of rotatable bonds is 9. The second-order valence-electron chi connectivity index (χ2n) is 12.0. The molecule has 2 atom stereocenters.